The molecule has 0 bridgehead atoms. The lowest BCUT2D eigenvalue weighted by Gasteiger charge is -2.26. The van der Waals surface area contributed by atoms with Gasteiger partial charge in [-0.05, 0) is 43.7 Å². The lowest BCUT2D eigenvalue weighted by Crippen LogP contribution is -2.38. The fourth-order valence-electron chi connectivity index (χ4n) is 4.36. The smallest absolute Gasteiger partial charge is 0.251 e. The number of fused-ring (bicyclic) bond motifs is 1. The molecule has 1 aliphatic heterocycles. The van der Waals surface area contributed by atoms with E-state index >= 15 is 0 Å². The van der Waals surface area contributed by atoms with E-state index < -0.39 is 0 Å². The second-order valence-corrected chi connectivity index (χ2v) is 8.92. The predicted octanol–water partition coefficient (Wildman–Crippen LogP) is 3.44. The van der Waals surface area contributed by atoms with Crippen LogP contribution in [0.4, 0.5) is 5.82 Å². The van der Waals surface area contributed by atoms with Gasteiger partial charge in [-0.2, -0.15) is 0 Å². The molecular weight excluding hydrogens is 454 g/mol. The van der Waals surface area contributed by atoms with Gasteiger partial charge in [0.15, 0.2) is 5.82 Å². The molecule has 0 unspecified atom stereocenters. The quantitative estimate of drug-likeness (QED) is 0.351. The molecule has 0 spiro atoms. The zero-order valence-electron chi connectivity index (χ0n) is 20.4. The highest BCUT2D eigenvalue weighted by atomic mass is 16.5. The van der Waals surface area contributed by atoms with Crippen molar-refractivity contribution in [2.75, 3.05) is 44.7 Å². The van der Waals surface area contributed by atoms with Gasteiger partial charge in [-0.25, -0.2) is 9.97 Å². The first-order chi connectivity index (χ1) is 17.7. The summed E-state index contributed by atoms with van der Waals surface area (Å²) in [5.41, 5.74) is 3.36. The van der Waals surface area contributed by atoms with Crippen molar-refractivity contribution in [3.8, 4) is 5.82 Å². The average molecular weight is 486 g/mol. The Morgan fingerprint density at radius 2 is 1.94 bits per heavy atom. The Bertz CT molecular complexity index is 1300. The van der Waals surface area contributed by atoms with E-state index in [1.165, 1.54) is 5.56 Å². The molecule has 9 heteroatoms. The van der Waals surface area contributed by atoms with E-state index in [1.807, 2.05) is 41.0 Å². The first-order valence-corrected chi connectivity index (χ1v) is 12.4. The molecule has 2 aromatic heterocycles. The van der Waals surface area contributed by atoms with Crippen molar-refractivity contribution in [3.63, 3.8) is 0 Å². The van der Waals surface area contributed by atoms with Gasteiger partial charge in [0.2, 0.25) is 0 Å². The van der Waals surface area contributed by atoms with Gasteiger partial charge in [0.1, 0.15) is 12.1 Å². The monoisotopic (exact) mass is 485 g/mol. The number of carbonyl (C=O) groups is 1. The van der Waals surface area contributed by atoms with Gasteiger partial charge >= 0.3 is 0 Å². The van der Waals surface area contributed by atoms with Crippen LogP contribution in [0.1, 0.15) is 35.3 Å². The van der Waals surface area contributed by atoms with Crippen molar-refractivity contribution in [3.05, 3.63) is 78.4 Å². The van der Waals surface area contributed by atoms with Crippen LogP contribution in [0.25, 0.3) is 16.9 Å². The Hall–Kier alpha value is -3.82. The van der Waals surface area contributed by atoms with Crippen molar-refractivity contribution >= 4 is 22.8 Å². The van der Waals surface area contributed by atoms with Crippen molar-refractivity contribution in [1.82, 2.24) is 29.7 Å². The molecule has 1 amide bonds. The Balaban J connectivity index is 1.23. The van der Waals surface area contributed by atoms with Crippen molar-refractivity contribution in [2.24, 2.45) is 0 Å². The van der Waals surface area contributed by atoms with E-state index in [2.05, 4.69) is 44.6 Å². The number of aromatic nitrogens is 4. The molecule has 0 aliphatic carbocycles. The predicted molar refractivity (Wildman–Crippen MR) is 139 cm³/mol. The number of hydrogen-bond acceptors (Lipinski definition) is 7. The van der Waals surface area contributed by atoms with Crippen molar-refractivity contribution < 1.29 is 9.53 Å². The molecule has 1 fully saturated rings. The van der Waals surface area contributed by atoms with E-state index in [9.17, 15) is 4.79 Å². The fourth-order valence-corrected chi connectivity index (χ4v) is 4.36. The van der Waals surface area contributed by atoms with Crippen LogP contribution in [-0.4, -0.2) is 69.7 Å². The second kappa shape index (κ2) is 11.3. The first-order valence-electron chi connectivity index (χ1n) is 12.4. The number of benzene rings is 2. The maximum Gasteiger partial charge on any atom is 0.251 e. The maximum absolute atomic E-state index is 12.7. The molecule has 1 atom stereocenters. The average Bonchev–Trinajstić information content (AvgIpc) is 3.36. The minimum absolute atomic E-state index is 0.0882. The summed E-state index contributed by atoms with van der Waals surface area (Å²) in [5.74, 6) is 1.25. The number of anilines is 1. The molecule has 1 aliphatic rings. The number of imidazole rings is 1. The van der Waals surface area contributed by atoms with Crippen LogP contribution in [0, 0.1) is 0 Å². The Morgan fingerprint density at radius 1 is 1.11 bits per heavy atom. The zero-order valence-corrected chi connectivity index (χ0v) is 20.4. The SMILES string of the molecule is C[C@H](Nc1cncc(-n2cnc3cc(C(=O)NCCCN4CCOCC4)ccc32)n1)c1ccccc1. The van der Waals surface area contributed by atoms with Crippen LogP contribution in [0.2, 0.25) is 0 Å². The van der Waals surface area contributed by atoms with Gasteiger partial charge in [-0.3, -0.25) is 19.2 Å². The lowest BCUT2D eigenvalue weighted by molar-refractivity contribution is 0.0374. The Morgan fingerprint density at radius 3 is 2.78 bits per heavy atom. The minimum Gasteiger partial charge on any atom is -0.379 e. The van der Waals surface area contributed by atoms with E-state index in [-0.39, 0.29) is 11.9 Å². The summed E-state index contributed by atoms with van der Waals surface area (Å²) in [7, 11) is 0. The van der Waals surface area contributed by atoms with E-state index in [0.29, 0.717) is 23.7 Å². The minimum atomic E-state index is -0.0886. The Labute approximate surface area is 210 Å². The molecule has 186 valence electrons. The zero-order chi connectivity index (χ0) is 24.7. The summed E-state index contributed by atoms with van der Waals surface area (Å²) in [6.45, 7) is 7.19. The van der Waals surface area contributed by atoms with Crippen molar-refractivity contribution in [1.29, 1.82) is 0 Å². The molecule has 2 aromatic carbocycles. The number of rotatable bonds is 9. The van der Waals surface area contributed by atoms with Gasteiger partial charge in [-0.1, -0.05) is 30.3 Å². The highest BCUT2D eigenvalue weighted by molar-refractivity contribution is 5.97. The van der Waals surface area contributed by atoms with Gasteiger partial charge in [0.25, 0.3) is 5.91 Å². The van der Waals surface area contributed by atoms with Crippen LogP contribution in [0.3, 0.4) is 0 Å². The van der Waals surface area contributed by atoms with Crippen molar-refractivity contribution in [2.45, 2.75) is 19.4 Å². The molecule has 3 heterocycles. The summed E-state index contributed by atoms with van der Waals surface area (Å²) < 4.78 is 7.25. The second-order valence-electron chi connectivity index (χ2n) is 8.92. The van der Waals surface area contributed by atoms with Gasteiger partial charge in [0.05, 0.1) is 36.6 Å². The third kappa shape index (κ3) is 5.69. The number of nitrogens with one attached hydrogen (secondary N) is 2. The normalized spacial score (nSPS) is 15.0. The van der Waals surface area contributed by atoms with Gasteiger partial charge < -0.3 is 15.4 Å². The molecule has 9 nitrogen and oxygen atoms in total. The summed E-state index contributed by atoms with van der Waals surface area (Å²) in [6, 6.07) is 15.8. The molecule has 0 saturated carbocycles. The summed E-state index contributed by atoms with van der Waals surface area (Å²) in [6.07, 6.45) is 6.04. The van der Waals surface area contributed by atoms with Crippen LogP contribution < -0.4 is 10.6 Å². The first kappa shape index (κ1) is 23.9. The number of nitrogens with zero attached hydrogens (tertiary/aromatic N) is 5. The molecule has 36 heavy (non-hydrogen) atoms. The van der Waals surface area contributed by atoms with Crippen LogP contribution >= 0.6 is 0 Å². The summed E-state index contributed by atoms with van der Waals surface area (Å²) >= 11 is 0. The van der Waals surface area contributed by atoms with Crippen LogP contribution in [-0.2, 0) is 4.74 Å². The highest BCUT2D eigenvalue weighted by Crippen LogP contribution is 2.21. The third-order valence-corrected chi connectivity index (χ3v) is 6.38. The maximum atomic E-state index is 12.7. The largest absolute Gasteiger partial charge is 0.379 e. The topological polar surface area (TPSA) is 97.2 Å². The van der Waals surface area contributed by atoms with Gasteiger partial charge in [0, 0.05) is 31.2 Å². The molecule has 1 saturated heterocycles. The lowest BCUT2D eigenvalue weighted by atomic mass is 10.1. The molecule has 4 aromatic rings. The van der Waals surface area contributed by atoms with Crippen LogP contribution in [0.15, 0.2) is 67.3 Å². The standard InChI is InChI=1S/C27H31N7O2/c1-20(21-6-3-2-4-7-21)31-25-17-28-18-26(32-25)34-19-30-23-16-22(8-9-24(23)34)27(35)29-10-5-11-33-12-14-36-15-13-33/h2-4,6-9,16-20H,5,10-15H2,1H3,(H,29,35)(H,31,32)/t20-/m0/s1. The summed E-state index contributed by atoms with van der Waals surface area (Å²) in [4.78, 5) is 28.6. The van der Waals surface area contributed by atoms with E-state index in [1.54, 1.807) is 18.7 Å². The number of ether oxygens (including phenoxy) is 1. The molecular formula is C27H31N7O2. The Kier molecular flexibility index (Phi) is 7.49. The third-order valence-electron chi connectivity index (χ3n) is 6.38. The number of hydrogen-bond donors (Lipinski definition) is 2. The molecule has 2 N–H and O–H groups in total. The highest BCUT2D eigenvalue weighted by Gasteiger charge is 2.13. The molecule has 0 radical (unpaired) electrons. The number of amides is 1. The number of morpholine rings is 1. The fraction of sp³-hybridized carbons (Fsp3) is 0.333. The summed E-state index contributed by atoms with van der Waals surface area (Å²) in [5, 5.41) is 6.43. The van der Waals surface area contributed by atoms with E-state index in [4.69, 9.17) is 9.72 Å². The number of carbonyl (C=O) groups excluding carboxylic acids is 1. The van der Waals surface area contributed by atoms with E-state index in [0.717, 1.165) is 50.3 Å². The molecule has 5 rings (SSSR count). The van der Waals surface area contributed by atoms with Gasteiger partial charge in [-0.15, -0.1) is 0 Å². The van der Waals surface area contributed by atoms with Crippen LogP contribution in [0.5, 0.6) is 0 Å².